The molecule has 0 fully saturated rings. The molecule has 2 aromatic rings. The van der Waals surface area contributed by atoms with Gasteiger partial charge in [0.1, 0.15) is 5.82 Å². The van der Waals surface area contributed by atoms with Gasteiger partial charge in [-0.2, -0.15) is 0 Å². The second-order valence-corrected chi connectivity index (χ2v) is 5.77. The third-order valence-electron chi connectivity index (χ3n) is 3.59. The Balaban J connectivity index is 1.94. The molecule has 0 saturated heterocycles. The zero-order valence-electron chi connectivity index (χ0n) is 14.0. The van der Waals surface area contributed by atoms with Gasteiger partial charge in [0.05, 0.1) is 0 Å². The first-order valence-electron chi connectivity index (χ1n) is 7.73. The van der Waals surface area contributed by atoms with Crippen LogP contribution in [0.25, 0.3) is 0 Å². The highest BCUT2D eigenvalue weighted by molar-refractivity contribution is 5.94. The zero-order valence-corrected chi connectivity index (χ0v) is 14.0. The summed E-state index contributed by atoms with van der Waals surface area (Å²) in [5.74, 6) is 0.627. The third-order valence-corrected chi connectivity index (χ3v) is 3.59. The normalized spacial score (nSPS) is 10.6. The molecular formula is C18H24N4O. The molecule has 0 atom stereocenters. The Morgan fingerprint density at radius 3 is 2.74 bits per heavy atom. The van der Waals surface area contributed by atoms with Crippen LogP contribution in [0.1, 0.15) is 21.5 Å². The molecule has 5 nitrogen and oxygen atoms in total. The molecule has 0 unspecified atom stereocenters. The average Bonchev–Trinajstić information content (AvgIpc) is 2.54. The predicted octanol–water partition coefficient (Wildman–Crippen LogP) is 2.29. The van der Waals surface area contributed by atoms with E-state index in [1.54, 1.807) is 18.3 Å². The lowest BCUT2D eigenvalue weighted by Gasteiger charge is -2.11. The van der Waals surface area contributed by atoms with Crippen LogP contribution in [0.4, 0.5) is 5.82 Å². The van der Waals surface area contributed by atoms with Gasteiger partial charge in [0, 0.05) is 31.4 Å². The van der Waals surface area contributed by atoms with E-state index in [0.717, 1.165) is 6.54 Å². The maximum absolute atomic E-state index is 12.1. The lowest BCUT2D eigenvalue weighted by atomic mass is 10.1. The highest BCUT2D eigenvalue weighted by Gasteiger charge is 2.07. The molecule has 2 rings (SSSR count). The van der Waals surface area contributed by atoms with Crippen molar-refractivity contribution in [3.8, 4) is 0 Å². The van der Waals surface area contributed by atoms with E-state index >= 15 is 0 Å². The number of benzene rings is 1. The van der Waals surface area contributed by atoms with Gasteiger partial charge in [0.2, 0.25) is 0 Å². The lowest BCUT2D eigenvalue weighted by molar-refractivity contribution is 0.0951. The molecule has 122 valence electrons. The number of pyridine rings is 1. The molecule has 0 aliphatic carbocycles. The fourth-order valence-electron chi connectivity index (χ4n) is 2.16. The predicted molar refractivity (Wildman–Crippen MR) is 93.6 cm³/mol. The zero-order chi connectivity index (χ0) is 16.7. The summed E-state index contributed by atoms with van der Waals surface area (Å²) < 4.78 is 0. The molecule has 0 spiro atoms. The largest absolute Gasteiger partial charge is 0.366 e. The first kappa shape index (κ1) is 17.0. The number of hydrogen-bond acceptors (Lipinski definition) is 4. The van der Waals surface area contributed by atoms with Crippen molar-refractivity contribution in [3.05, 3.63) is 59.3 Å². The van der Waals surface area contributed by atoms with Crippen LogP contribution in [0, 0.1) is 6.92 Å². The number of carbonyl (C=O) groups is 1. The molecule has 0 saturated carbocycles. The number of rotatable bonds is 7. The van der Waals surface area contributed by atoms with Gasteiger partial charge in [-0.3, -0.25) is 4.79 Å². The summed E-state index contributed by atoms with van der Waals surface area (Å²) in [4.78, 5) is 18.4. The van der Waals surface area contributed by atoms with Crippen molar-refractivity contribution in [1.29, 1.82) is 0 Å². The van der Waals surface area contributed by atoms with Crippen molar-refractivity contribution in [3.63, 3.8) is 0 Å². The van der Waals surface area contributed by atoms with Gasteiger partial charge in [-0.1, -0.05) is 24.3 Å². The molecule has 1 aromatic heterocycles. The maximum atomic E-state index is 12.1. The Kier molecular flexibility index (Phi) is 6.11. The second-order valence-electron chi connectivity index (χ2n) is 5.77. The van der Waals surface area contributed by atoms with E-state index in [1.165, 1.54) is 11.1 Å². The van der Waals surface area contributed by atoms with Crippen LogP contribution in [-0.2, 0) is 6.54 Å². The fraction of sp³-hybridized carbons (Fsp3) is 0.333. The van der Waals surface area contributed by atoms with Crippen LogP contribution in [0.5, 0.6) is 0 Å². The molecule has 0 aliphatic heterocycles. The first-order valence-corrected chi connectivity index (χ1v) is 7.73. The van der Waals surface area contributed by atoms with E-state index in [0.29, 0.717) is 24.5 Å². The minimum Gasteiger partial charge on any atom is -0.366 e. The standard InChI is InChI=1S/C18H24N4O/c1-14-6-4-5-7-16(14)13-21-17-12-15(8-9-19-17)18(23)20-10-11-22(2)3/h4-9,12H,10-11,13H2,1-3H3,(H,19,21)(H,20,23). The number of nitrogens with one attached hydrogen (secondary N) is 2. The molecule has 23 heavy (non-hydrogen) atoms. The van der Waals surface area contributed by atoms with Crippen LogP contribution in [0.3, 0.4) is 0 Å². The maximum Gasteiger partial charge on any atom is 0.251 e. The SMILES string of the molecule is Cc1ccccc1CNc1cc(C(=O)NCCN(C)C)ccn1. The first-order chi connectivity index (χ1) is 11.1. The molecule has 1 aromatic carbocycles. The summed E-state index contributed by atoms with van der Waals surface area (Å²) in [6.07, 6.45) is 1.65. The van der Waals surface area contributed by atoms with Crippen molar-refractivity contribution in [2.24, 2.45) is 0 Å². The summed E-state index contributed by atoms with van der Waals surface area (Å²) in [5, 5.41) is 6.18. The summed E-state index contributed by atoms with van der Waals surface area (Å²) in [6.45, 7) is 4.21. The van der Waals surface area contributed by atoms with Crippen molar-refractivity contribution < 1.29 is 4.79 Å². The van der Waals surface area contributed by atoms with Crippen molar-refractivity contribution in [1.82, 2.24) is 15.2 Å². The van der Waals surface area contributed by atoms with Gasteiger partial charge < -0.3 is 15.5 Å². The van der Waals surface area contributed by atoms with Crippen LogP contribution in [0.2, 0.25) is 0 Å². The molecule has 0 bridgehead atoms. The number of aryl methyl sites for hydroxylation is 1. The highest BCUT2D eigenvalue weighted by atomic mass is 16.1. The van der Waals surface area contributed by atoms with E-state index < -0.39 is 0 Å². The minimum absolute atomic E-state index is 0.0757. The van der Waals surface area contributed by atoms with Crippen molar-refractivity contribution >= 4 is 11.7 Å². The topological polar surface area (TPSA) is 57.3 Å². The smallest absolute Gasteiger partial charge is 0.251 e. The summed E-state index contributed by atoms with van der Waals surface area (Å²) in [5.41, 5.74) is 3.07. The lowest BCUT2D eigenvalue weighted by Crippen LogP contribution is -2.31. The number of nitrogens with zero attached hydrogens (tertiary/aromatic N) is 2. The molecule has 0 aliphatic rings. The number of hydrogen-bond donors (Lipinski definition) is 2. The molecular weight excluding hydrogens is 288 g/mol. The molecule has 1 amide bonds. The Bertz CT molecular complexity index is 655. The Morgan fingerprint density at radius 2 is 2.00 bits per heavy atom. The third kappa shape index (κ3) is 5.38. The van der Waals surface area contributed by atoms with Crippen molar-refractivity contribution in [2.75, 3.05) is 32.5 Å². The van der Waals surface area contributed by atoms with Gasteiger partial charge in [0.15, 0.2) is 0 Å². The highest BCUT2D eigenvalue weighted by Crippen LogP contribution is 2.11. The van der Waals surface area contributed by atoms with E-state index in [9.17, 15) is 4.79 Å². The number of aromatic nitrogens is 1. The summed E-state index contributed by atoms with van der Waals surface area (Å²) in [6, 6.07) is 11.7. The van der Waals surface area contributed by atoms with E-state index in [2.05, 4.69) is 34.7 Å². The van der Waals surface area contributed by atoms with E-state index in [1.807, 2.05) is 31.1 Å². The van der Waals surface area contributed by atoms with Gasteiger partial charge in [-0.15, -0.1) is 0 Å². The van der Waals surface area contributed by atoms with Crippen LogP contribution in [0.15, 0.2) is 42.6 Å². The summed E-state index contributed by atoms with van der Waals surface area (Å²) >= 11 is 0. The van der Waals surface area contributed by atoms with Gasteiger partial charge in [-0.25, -0.2) is 4.98 Å². The molecule has 2 N–H and O–H groups in total. The molecule has 5 heteroatoms. The molecule has 1 heterocycles. The summed E-state index contributed by atoms with van der Waals surface area (Å²) in [7, 11) is 3.96. The number of likely N-dealkylation sites (N-methyl/N-ethyl adjacent to an activating group) is 1. The number of anilines is 1. The number of amides is 1. The van der Waals surface area contributed by atoms with E-state index in [4.69, 9.17) is 0 Å². The number of carbonyl (C=O) groups excluding carboxylic acids is 1. The van der Waals surface area contributed by atoms with Gasteiger partial charge >= 0.3 is 0 Å². The van der Waals surface area contributed by atoms with Crippen LogP contribution in [-0.4, -0.2) is 43.0 Å². The monoisotopic (exact) mass is 312 g/mol. The Labute approximate surface area is 137 Å². The van der Waals surface area contributed by atoms with Crippen LogP contribution >= 0.6 is 0 Å². The minimum atomic E-state index is -0.0757. The van der Waals surface area contributed by atoms with Crippen molar-refractivity contribution in [2.45, 2.75) is 13.5 Å². The second kappa shape index (κ2) is 8.29. The Morgan fingerprint density at radius 1 is 1.22 bits per heavy atom. The van der Waals surface area contributed by atoms with Gasteiger partial charge in [-0.05, 0) is 44.3 Å². The quantitative estimate of drug-likeness (QED) is 0.823. The Hall–Kier alpha value is -2.40. The van der Waals surface area contributed by atoms with Crippen LogP contribution < -0.4 is 10.6 Å². The average molecular weight is 312 g/mol. The van der Waals surface area contributed by atoms with E-state index in [-0.39, 0.29) is 5.91 Å². The molecule has 0 radical (unpaired) electrons. The fourth-order valence-corrected chi connectivity index (χ4v) is 2.16. The van der Waals surface area contributed by atoms with Gasteiger partial charge in [0.25, 0.3) is 5.91 Å².